The van der Waals surface area contributed by atoms with Crippen LogP contribution in [0.25, 0.3) is 0 Å². The molecule has 0 saturated carbocycles. The summed E-state index contributed by atoms with van der Waals surface area (Å²) in [6.07, 6.45) is 1.56. The lowest BCUT2D eigenvalue weighted by molar-refractivity contribution is 0.00578. The third kappa shape index (κ3) is 3.67. The molecule has 0 spiro atoms. The Balaban J connectivity index is 2.30. The predicted molar refractivity (Wildman–Crippen MR) is 89.5 cm³/mol. The van der Waals surface area contributed by atoms with Gasteiger partial charge in [-0.15, -0.1) is 0 Å². The summed E-state index contributed by atoms with van der Waals surface area (Å²) in [4.78, 5) is 16.4. The fraction of sp³-hybridized carbons (Fsp3) is 0.625. The Hall–Kier alpha value is -1.60. The van der Waals surface area contributed by atoms with Crippen molar-refractivity contribution in [2.75, 3.05) is 5.73 Å². The predicted octanol–water partition coefficient (Wildman–Crippen LogP) is 1.92. The average Bonchev–Trinajstić information content (AvgIpc) is 2.56. The topological polar surface area (TPSA) is 83.7 Å². The summed E-state index contributed by atoms with van der Waals surface area (Å²) in [6.45, 7) is 13.3. The highest BCUT2D eigenvalue weighted by Gasteiger charge is 2.52. The number of nitrogens with two attached hydrogens (primary N) is 1. The SMILES string of the molecule is CC(C)(C)OC(=O)c1cc(B2OC(C)(C)C(C)(C)O2)cnc1N. The monoisotopic (exact) mass is 320 g/mol. The Morgan fingerprint density at radius 3 is 2.22 bits per heavy atom. The van der Waals surface area contributed by atoms with Gasteiger partial charge >= 0.3 is 13.1 Å². The Kier molecular flexibility index (Phi) is 4.24. The minimum atomic E-state index is -0.607. The van der Waals surface area contributed by atoms with E-state index < -0.39 is 29.9 Å². The Morgan fingerprint density at radius 2 is 1.74 bits per heavy atom. The first-order chi connectivity index (χ1) is 10.3. The maximum absolute atomic E-state index is 12.3. The minimum Gasteiger partial charge on any atom is -0.456 e. The summed E-state index contributed by atoms with van der Waals surface area (Å²) in [5.41, 5.74) is 5.13. The molecule has 0 aromatic carbocycles. The van der Waals surface area contributed by atoms with E-state index in [-0.39, 0.29) is 11.4 Å². The molecule has 0 atom stereocenters. The molecule has 0 amide bonds. The Labute approximate surface area is 137 Å². The van der Waals surface area contributed by atoms with E-state index in [0.29, 0.717) is 5.46 Å². The van der Waals surface area contributed by atoms with Crippen LogP contribution in [0.2, 0.25) is 0 Å². The minimum absolute atomic E-state index is 0.125. The number of anilines is 1. The van der Waals surface area contributed by atoms with Gasteiger partial charge in [0.05, 0.1) is 11.2 Å². The second kappa shape index (κ2) is 5.49. The fourth-order valence-corrected chi connectivity index (χ4v) is 2.10. The first-order valence-electron chi connectivity index (χ1n) is 7.67. The molecule has 0 bridgehead atoms. The van der Waals surface area contributed by atoms with Crippen LogP contribution in [0.1, 0.15) is 58.8 Å². The molecule has 2 rings (SSSR count). The van der Waals surface area contributed by atoms with E-state index in [1.54, 1.807) is 33.0 Å². The summed E-state index contributed by atoms with van der Waals surface area (Å²) in [5.74, 6) is -0.389. The number of pyridine rings is 1. The first-order valence-corrected chi connectivity index (χ1v) is 7.67. The van der Waals surface area contributed by atoms with Gasteiger partial charge in [-0.05, 0) is 54.5 Å². The van der Waals surface area contributed by atoms with Gasteiger partial charge in [-0.3, -0.25) is 0 Å². The highest BCUT2D eigenvalue weighted by atomic mass is 16.7. The van der Waals surface area contributed by atoms with Gasteiger partial charge < -0.3 is 19.8 Å². The van der Waals surface area contributed by atoms with E-state index >= 15 is 0 Å². The average molecular weight is 320 g/mol. The number of aromatic nitrogens is 1. The molecular weight excluding hydrogens is 295 g/mol. The number of hydrogen-bond donors (Lipinski definition) is 1. The molecule has 0 aliphatic carbocycles. The molecule has 6 nitrogen and oxygen atoms in total. The van der Waals surface area contributed by atoms with Gasteiger partial charge in [-0.25, -0.2) is 9.78 Å². The van der Waals surface area contributed by atoms with Crippen molar-refractivity contribution < 1.29 is 18.8 Å². The van der Waals surface area contributed by atoms with Crippen LogP contribution < -0.4 is 11.2 Å². The second-order valence-corrected chi connectivity index (χ2v) is 7.79. The van der Waals surface area contributed by atoms with Crippen LogP contribution in [0, 0.1) is 0 Å². The normalized spacial score (nSPS) is 19.7. The molecule has 126 valence electrons. The molecule has 1 aromatic heterocycles. The van der Waals surface area contributed by atoms with Crippen molar-refractivity contribution in [1.82, 2.24) is 4.98 Å². The molecule has 1 fully saturated rings. The lowest BCUT2D eigenvalue weighted by atomic mass is 9.79. The number of esters is 1. The first kappa shape index (κ1) is 17.8. The standard InChI is InChI=1S/C16H25BN2O4/c1-14(2,3)21-13(20)11-8-10(9-19-12(11)18)17-22-15(4,5)16(6,7)23-17/h8-9H,1-7H3,(H2,18,19). The number of hydrogen-bond acceptors (Lipinski definition) is 6. The third-order valence-corrected chi connectivity index (χ3v) is 4.08. The number of nitrogen functional groups attached to an aromatic ring is 1. The summed E-state index contributed by atoms with van der Waals surface area (Å²) in [5, 5.41) is 0. The van der Waals surface area contributed by atoms with Gasteiger partial charge in [0.1, 0.15) is 17.0 Å². The molecule has 7 heteroatoms. The van der Waals surface area contributed by atoms with E-state index in [1.807, 2.05) is 27.7 Å². The zero-order chi connectivity index (χ0) is 17.6. The maximum atomic E-state index is 12.3. The summed E-state index contributed by atoms with van der Waals surface area (Å²) >= 11 is 0. The van der Waals surface area contributed by atoms with E-state index in [9.17, 15) is 4.79 Å². The third-order valence-electron chi connectivity index (χ3n) is 4.08. The Bertz CT molecular complexity index is 607. The van der Waals surface area contributed by atoms with Crippen molar-refractivity contribution in [3.8, 4) is 0 Å². The number of rotatable bonds is 2. The van der Waals surface area contributed by atoms with Gasteiger partial charge in [-0.1, -0.05) is 0 Å². The fourth-order valence-electron chi connectivity index (χ4n) is 2.10. The second-order valence-electron chi connectivity index (χ2n) is 7.79. The Morgan fingerprint density at radius 1 is 1.22 bits per heavy atom. The van der Waals surface area contributed by atoms with Crippen LogP contribution in [-0.4, -0.2) is 34.9 Å². The van der Waals surface area contributed by atoms with Crippen LogP contribution in [-0.2, 0) is 14.0 Å². The molecular formula is C16H25BN2O4. The van der Waals surface area contributed by atoms with Gasteiger partial charge in [-0.2, -0.15) is 0 Å². The number of carbonyl (C=O) groups is 1. The molecule has 0 unspecified atom stereocenters. The molecule has 1 aliphatic heterocycles. The van der Waals surface area contributed by atoms with Crippen molar-refractivity contribution in [1.29, 1.82) is 0 Å². The molecule has 23 heavy (non-hydrogen) atoms. The van der Waals surface area contributed by atoms with Crippen LogP contribution in [0.4, 0.5) is 5.82 Å². The summed E-state index contributed by atoms with van der Waals surface area (Å²) < 4.78 is 17.3. The maximum Gasteiger partial charge on any atom is 0.496 e. The zero-order valence-electron chi connectivity index (χ0n) is 14.9. The lowest BCUT2D eigenvalue weighted by Gasteiger charge is -2.32. The summed E-state index contributed by atoms with van der Waals surface area (Å²) in [7, 11) is -0.603. The van der Waals surface area contributed by atoms with Crippen LogP contribution in [0.3, 0.4) is 0 Å². The smallest absolute Gasteiger partial charge is 0.456 e. The van der Waals surface area contributed by atoms with Crippen molar-refractivity contribution >= 4 is 24.4 Å². The van der Waals surface area contributed by atoms with Gasteiger partial charge in [0.25, 0.3) is 0 Å². The van der Waals surface area contributed by atoms with E-state index in [4.69, 9.17) is 19.8 Å². The largest absolute Gasteiger partial charge is 0.496 e. The van der Waals surface area contributed by atoms with Crippen LogP contribution in [0.5, 0.6) is 0 Å². The highest BCUT2D eigenvalue weighted by molar-refractivity contribution is 6.62. The lowest BCUT2D eigenvalue weighted by Crippen LogP contribution is -2.41. The van der Waals surface area contributed by atoms with E-state index in [0.717, 1.165) is 0 Å². The number of nitrogens with zero attached hydrogens (tertiary/aromatic N) is 1. The number of ether oxygens (including phenoxy) is 1. The molecule has 1 aliphatic rings. The number of carbonyl (C=O) groups excluding carboxylic acids is 1. The van der Waals surface area contributed by atoms with Crippen LogP contribution >= 0.6 is 0 Å². The van der Waals surface area contributed by atoms with Crippen molar-refractivity contribution in [2.24, 2.45) is 0 Å². The zero-order valence-corrected chi connectivity index (χ0v) is 14.9. The molecule has 1 saturated heterocycles. The van der Waals surface area contributed by atoms with Gasteiger partial charge in [0, 0.05) is 11.7 Å². The van der Waals surface area contributed by atoms with Gasteiger partial charge in [0.15, 0.2) is 0 Å². The van der Waals surface area contributed by atoms with E-state index in [1.165, 1.54) is 0 Å². The molecule has 0 radical (unpaired) electrons. The van der Waals surface area contributed by atoms with Crippen LogP contribution in [0.15, 0.2) is 12.3 Å². The van der Waals surface area contributed by atoms with E-state index in [2.05, 4.69) is 4.98 Å². The highest BCUT2D eigenvalue weighted by Crippen LogP contribution is 2.36. The van der Waals surface area contributed by atoms with Crippen molar-refractivity contribution in [2.45, 2.75) is 65.3 Å². The molecule has 2 heterocycles. The van der Waals surface area contributed by atoms with Crippen molar-refractivity contribution in [3.63, 3.8) is 0 Å². The summed E-state index contributed by atoms with van der Waals surface area (Å²) in [6, 6.07) is 1.62. The van der Waals surface area contributed by atoms with Gasteiger partial charge in [0.2, 0.25) is 0 Å². The molecule has 2 N–H and O–H groups in total. The van der Waals surface area contributed by atoms with Crippen molar-refractivity contribution in [3.05, 3.63) is 17.8 Å². The molecule has 1 aromatic rings. The quantitative estimate of drug-likeness (QED) is 0.662.